The third kappa shape index (κ3) is 14.4. The van der Waals surface area contributed by atoms with Crippen molar-refractivity contribution >= 4 is 13.3 Å². The summed E-state index contributed by atoms with van der Waals surface area (Å²) in [5.41, 5.74) is 1.66. The van der Waals surface area contributed by atoms with Crippen molar-refractivity contribution in [1.82, 2.24) is 0 Å². The smallest absolute Gasteiger partial charge is 1.00 e. The van der Waals surface area contributed by atoms with Gasteiger partial charge in [0, 0.05) is 0 Å². The van der Waals surface area contributed by atoms with Crippen molar-refractivity contribution in [2.75, 3.05) is 0 Å². The van der Waals surface area contributed by atoms with Gasteiger partial charge < -0.3 is 37.2 Å². The molecule has 5 heteroatoms. The summed E-state index contributed by atoms with van der Waals surface area (Å²) in [7, 11) is -1.68. The van der Waals surface area contributed by atoms with Crippen LogP contribution in [0.25, 0.3) is 0 Å². The maximum absolute atomic E-state index is 2.66. The van der Waals surface area contributed by atoms with E-state index in [0.717, 1.165) is 0 Å². The number of hydrogen-bond donors (Lipinski definition) is 0. The molecule has 1 aromatic rings. The summed E-state index contributed by atoms with van der Waals surface area (Å²) in [6.45, 7) is 9.74. The molecule has 0 aromatic heterocycles. The third-order valence-electron chi connectivity index (χ3n) is 8.23. The van der Waals surface area contributed by atoms with Gasteiger partial charge in [0.05, 0.1) is 0 Å². The van der Waals surface area contributed by atoms with Crippen LogP contribution >= 0.6 is 0 Å². The summed E-state index contributed by atoms with van der Waals surface area (Å²) in [4.78, 5) is 0. The summed E-state index contributed by atoms with van der Waals surface area (Å²) in [5, 5.41) is 3.43. The second kappa shape index (κ2) is 24.1. The normalized spacial score (nSPS) is 14.4. The van der Waals surface area contributed by atoms with Crippen molar-refractivity contribution in [3.63, 3.8) is 0 Å². The molecule has 0 heterocycles. The fourth-order valence-corrected chi connectivity index (χ4v) is 12.2. The molecule has 38 heavy (non-hydrogen) atoms. The SMILES string of the molecule is CCCCCCCCCCCCCCCCCC[Si](C)(C1=[C]([Ti+3])CC=C1C(C)C)c1ccccc1.[Cl-].[Cl-].[Cl-]. The van der Waals surface area contributed by atoms with Gasteiger partial charge in [0.15, 0.2) is 0 Å². The van der Waals surface area contributed by atoms with E-state index in [4.69, 9.17) is 0 Å². The quantitative estimate of drug-likeness (QED) is 0.151. The van der Waals surface area contributed by atoms with Crippen LogP contribution in [0.15, 0.2) is 51.1 Å². The van der Waals surface area contributed by atoms with Gasteiger partial charge in [-0.2, -0.15) is 0 Å². The first-order chi connectivity index (χ1) is 17.0. The van der Waals surface area contributed by atoms with Gasteiger partial charge in [-0.05, 0) is 0 Å². The topological polar surface area (TPSA) is 0 Å². The van der Waals surface area contributed by atoms with E-state index in [2.05, 4.69) is 84.2 Å². The van der Waals surface area contributed by atoms with E-state index in [1.165, 1.54) is 115 Å². The number of allylic oxidation sites excluding steroid dienone is 4. The van der Waals surface area contributed by atoms with Crippen LogP contribution in [0.5, 0.6) is 0 Å². The average molecular weight is 634 g/mol. The molecule has 216 valence electrons. The van der Waals surface area contributed by atoms with Crippen LogP contribution < -0.4 is 42.4 Å². The van der Waals surface area contributed by atoms with Gasteiger partial charge in [-0.15, -0.1) is 0 Å². The van der Waals surface area contributed by atoms with Crippen molar-refractivity contribution in [1.29, 1.82) is 0 Å². The van der Waals surface area contributed by atoms with Crippen LogP contribution in [0.2, 0.25) is 12.6 Å². The molecule has 0 amide bonds. The van der Waals surface area contributed by atoms with Crippen LogP contribution in [-0.2, 0) is 20.4 Å². The van der Waals surface area contributed by atoms with Crippen LogP contribution in [0.3, 0.4) is 0 Å². The molecule has 1 aliphatic rings. The first-order valence-electron chi connectivity index (χ1n) is 15.2. The van der Waals surface area contributed by atoms with Crippen molar-refractivity contribution < 1.29 is 57.7 Å². The number of rotatable bonds is 20. The number of hydrogen-bond acceptors (Lipinski definition) is 0. The Hall–Kier alpha value is 0.501. The molecule has 1 atom stereocenters. The molecule has 0 spiro atoms. The fourth-order valence-electron chi connectivity index (χ4n) is 6.01. The predicted molar refractivity (Wildman–Crippen MR) is 157 cm³/mol. The zero-order valence-electron chi connectivity index (χ0n) is 24.9. The largest absolute Gasteiger partial charge is 1.00 e. The van der Waals surface area contributed by atoms with Crippen LogP contribution in [0.4, 0.5) is 0 Å². The standard InChI is InChI=1S/C33H55Si.3ClH.Ti/c1-5-6-7-8-9-10-11-12-13-14-15-16-17-18-19-23-29-34(4,31-25-21-20-22-26-31)33-28-24-27-32(33)30(2)3;;;;/h20-22,25-27,30H,5-19,23-24,29H2,1-4H3;3*1H;/q;;;;+3/p-3. The molecule has 0 N–H and O–H groups in total. The zero-order chi connectivity index (χ0) is 25.4. The Bertz CT molecular complexity index is 763. The molecular weight excluding hydrogens is 579 g/mol. The first-order valence-corrected chi connectivity index (χ1v) is 18.7. The predicted octanol–water partition coefficient (Wildman–Crippen LogP) is 1.57. The molecule has 0 fully saturated rings. The second-order valence-electron chi connectivity index (χ2n) is 11.6. The summed E-state index contributed by atoms with van der Waals surface area (Å²) in [5.74, 6) is 0.642. The van der Waals surface area contributed by atoms with E-state index >= 15 is 0 Å². The van der Waals surface area contributed by atoms with Crippen LogP contribution in [-0.4, -0.2) is 8.07 Å². The molecule has 1 aliphatic carbocycles. The summed E-state index contributed by atoms with van der Waals surface area (Å²) >= 11 is 2.41. The Labute approximate surface area is 268 Å². The Morgan fingerprint density at radius 3 is 1.53 bits per heavy atom. The second-order valence-corrected chi connectivity index (χ2v) is 16.8. The molecule has 0 bridgehead atoms. The molecule has 2 rings (SSSR count). The van der Waals surface area contributed by atoms with Gasteiger partial charge in [0.2, 0.25) is 0 Å². The van der Waals surface area contributed by atoms with E-state index < -0.39 is 8.07 Å². The first kappa shape index (κ1) is 40.6. The number of halogens is 3. The zero-order valence-corrected chi connectivity index (χ0v) is 29.7. The average Bonchev–Trinajstić information content (AvgIpc) is 3.26. The minimum Gasteiger partial charge on any atom is -1.00 e. The maximum Gasteiger partial charge on any atom is -1.00 e. The third-order valence-corrected chi connectivity index (χ3v) is 14.0. The number of unbranched alkanes of at least 4 members (excludes halogenated alkanes) is 15. The Kier molecular flexibility index (Phi) is 25.8. The van der Waals surface area contributed by atoms with Gasteiger partial charge in [-0.25, -0.2) is 0 Å². The molecule has 1 aromatic carbocycles. The number of benzene rings is 1. The monoisotopic (exact) mass is 632 g/mol. The summed E-state index contributed by atoms with van der Waals surface area (Å²) in [6, 6.07) is 13.0. The molecule has 0 radical (unpaired) electrons. The van der Waals surface area contributed by atoms with Gasteiger partial charge in [-0.1, -0.05) is 58.3 Å². The molecule has 0 saturated heterocycles. The molecule has 0 saturated carbocycles. The van der Waals surface area contributed by atoms with Crippen LogP contribution in [0, 0.1) is 5.92 Å². The summed E-state index contributed by atoms with van der Waals surface area (Å²) < 4.78 is 1.66. The fraction of sp³-hybridized carbons (Fsp3) is 0.697. The van der Waals surface area contributed by atoms with Crippen molar-refractivity contribution in [3.05, 3.63) is 51.1 Å². The van der Waals surface area contributed by atoms with Gasteiger partial charge in [0.25, 0.3) is 0 Å². The molecule has 0 nitrogen and oxygen atoms in total. The molecular formula is C33H55Cl3SiTi. The minimum atomic E-state index is -1.68. The van der Waals surface area contributed by atoms with Crippen LogP contribution in [0.1, 0.15) is 130 Å². The van der Waals surface area contributed by atoms with E-state index in [9.17, 15) is 0 Å². The molecule has 1 unspecified atom stereocenters. The Balaban J connectivity index is 0. The van der Waals surface area contributed by atoms with Gasteiger partial charge in [-0.3, -0.25) is 0 Å². The Morgan fingerprint density at radius 1 is 0.684 bits per heavy atom. The van der Waals surface area contributed by atoms with Crippen molar-refractivity contribution in [2.24, 2.45) is 5.92 Å². The van der Waals surface area contributed by atoms with E-state index in [-0.39, 0.29) is 37.2 Å². The molecule has 0 aliphatic heterocycles. The summed E-state index contributed by atoms with van der Waals surface area (Å²) in [6.07, 6.45) is 26.9. The van der Waals surface area contributed by atoms with Gasteiger partial charge >= 0.3 is 175 Å². The van der Waals surface area contributed by atoms with E-state index in [0.29, 0.717) is 5.92 Å². The van der Waals surface area contributed by atoms with Crippen molar-refractivity contribution in [3.8, 4) is 0 Å². The van der Waals surface area contributed by atoms with E-state index in [1.54, 1.807) is 19.8 Å². The van der Waals surface area contributed by atoms with E-state index in [1.807, 2.05) is 0 Å². The van der Waals surface area contributed by atoms with Crippen molar-refractivity contribution in [2.45, 2.75) is 143 Å². The Morgan fingerprint density at radius 2 is 1.11 bits per heavy atom. The minimum absolute atomic E-state index is 0. The van der Waals surface area contributed by atoms with Gasteiger partial charge in [0.1, 0.15) is 0 Å². The maximum atomic E-state index is 2.66.